The third kappa shape index (κ3) is 2.87. The van der Waals surface area contributed by atoms with E-state index in [0.29, 0.717) is 16.8 Å². The molecule has 5 heteroatoms. The van der Waals surface area contributed by atoms with E-state index in [1.54, 1.807) is 6.07 Å². The minimum absolute atomic E-state index is 0.0112. The number of fused-ring (bicyclic) bond motifs is 1. The van der Waals surface area contributed by atoms with E-state index >= 15 is 0 Å². The van der Waals surface area contributed by atoms with Gasteiger partial charge in [-0.2, -0.15) is 0 Å². The lowest BCUT2D eigenvalue weighted by Gasteiger charge is -2.27. The van der Waals surface area contributed by atoms with Crippen molar-refractivity contribution >= 4 is 16.8 Å². The van der Waals surface area contributed by atoms with E-state index in [4.69, 9.17) is 0 Å². The van der Waals surface area contributed by atoms with Gasteiger partial charge in [0.2, 0.25) is 5.91 Å². The molecule has 1 unspecified atom stereocenters. The molecule has 0 N–H and O–H groups in total. The van der Waals surface area contributed by atoms with Gasteiger partial charge in [0.05, 0.1) is 17.2 Å². The zero-order valence-electron chi connectivity index (χ0n) is 14.0. The molecule has 0 saturated carbocycles. The summed E-state index contributed by atoms with van der Waals surface area (Å²) < 4.78 is 1.43. The van der Waals surface area contributed by atoms with Crippen LogP contribution < -0.4 is 5.56 Å². The van der Waals surface area contributed by atoms with Gasteiger partial charge in [0.15, 0.2) is 0 Å². The molecule has 0 spiro atoms. The van der Waals surface area contributed by atoms with Gasteiger partial charge in [-0.25, -0.2) is 4.98 Å². The summed E-state index contributed by atoms with van der Waals surface area (Å²) >= 11 is 0. The summed E-state index contributed by atoms with van der Waals surface area (Å²) in [4.78, 5) is 31.5. The molecule has 5 nitrogen and oxygen atoms in total. The fourth-order valence-electron chi connectivity index (χ4n) is 3.48. The molecule has 1 aliphatic rings. The summed E-state index contributed by atoms with van der Waals surface area (Å²) in [5.41, 5.74) is 1.53. The van der Waals surface area contributed by atoms with E-state index < -0.39 is 0 Å². The second kappa shape index (κ2) is 6.14. The predicted molar refractivity (Wildman–Crippen MR) is 90.3 cm³/mol. The number of aryl methyl sites for hydroxylation is 1. The van der Waals surface area contributed by atoms with Crippen molar-refractivity contribution in [3.05, 3.63) is 40.4 Å². The number of rotatable bonds is 3. The number of carbonyl (C=O) groups excluding carboxylic acids is 1. The predicted octanol–water partition coefficient (Wildman–Crippen LogP) is 2.35. The molecular weight excluding hydrogens is 290 g/mol. The highest BCUT2D eigenvalue weighted by atomic mass is 16.2. The number of carbonyl (C=O) groups is 1. The zero-order chi connectivity index (χ0) is 16.6. The van der Waals surface area contributed by atoms with E-state index in [1.807, 2.05) is 24.0 Å². The van der Waals surface area contributed by atoms with Crippen LogP contribution >= 0.6 is 0 Å². The molecule has 3 rings (SSSR count). The van der Waals surface area contributed by atoms with Crippen molar-refractivity contribution < 1.29 is 4.79 Å². The Labute approximate surface area is 135 Å². The smallest absolute Gasteiger partial charge is 0.261 e. The van der Waals surface area contributed by atoms with Crippen molar-refractivity contribution in [3.8, 4) is 0 Å². The van der Waals surface area contributed by atoms with Gasteiger partial charge in [-0.3, -0.25) is 14.2 Å². The Balaban J connectivity index is 1.89. The SMILES string of the molecule is Cc1cccc2c(=O)n(CC(=O)N3CCCC3C(C)C)cnc12. The summed E-state index contributed by atoms with van der Waals surface area (Å²) in [6.45, 7) is 7.07. The normalized spacial score (nSPS) is 18.1. The highest BCUT2D eigenvalue weighted by molar-refractivity contribution is 5.81. The fourth-order valence-corrected chi connectivity index (χ4v) is 3.48. The van der Waals surface area contributed by atoms with Crippen LogP contribution in [0.5, 0.6) is 0 Å². The summed E-state index contributed by atoms with van der Waals surface area (Å²) in [6, 6.07) is 5.84. The molecule has 1 fully saturated rings. The maximum Gasteiger partial charge on any atom is 0.261 e. The van der Waals surface area contributed by atoms with Gasteiger partial charge in [0, 0.05) is 12.6 Å². The van der Waals surface area contributed by atoms with Crippen molar-refractivity contribution in [1.29, 1.82) is 0 Å². The molecule has 1 saturated heterocycles. The number of likely N-dealkylation sites (tertiary alicyclic amines) is 1. The molecule has 1 aliphatic heterocycles. The Morgan fingerprint density at radius 1 is 1.39 bits per heavy atom. The summed E-state index contributed by atoms with van der Waals surface area (Å²) in [7, 11) is 0. The van der Waals surface area contributed by atoms with Crippen molar-refractivity contribution in [2.75, 3.05) is 6.54 Å². The van der Waals surface area contributed by atoms with Crippen molar-refractivity contribution in [2.24, 2.45) is 5.92 Å². The first-order chi connectivity index (χ1) is 11.0. The lowest BCUT2D eigenvalue weighted by atomic mass is 10.0. The first-order valence-electron chi connectivity index (χ1n) is 8.23. The lowest BCUT2D eigenvalue weighted by molar-refractivity contribution is -0.133. The lowest BCUT2D eigenvalue weighted by Crippen LogP contribution is -2.41. The minimum atomic E-state index is -0.146. The molecule has 2 aromatic rings. The molecule has 1 aromatic carbocycles. The first kappa shape index (κ1) is 15.7. The Hall–Kier alpha value is -2.17. The molecule has 23 heavy (non-hydrogen) atoms. The van der Waals surface area contributed by atoms with Crippen LogP contribution in [-0.2, 0) is 11.3 Å². The van der Waals surface area contributed by atoms with Crippen LogP contribution in [-0.4, -0.2) is 32.9 Å². The Kier molecular flexibility index (Phi) is 4.20. The van der Waals surface area contributed by atoms with Crippen LogP contribution in [0.25, 0.3) is 10.9 Å². The van der Waals surface area contributed by atoms with Crippen molar-refractivity contribution in [3.63, 3.8) is 0 Å². The van der Waals surface area contributed by atoms with Gasteiger partial charge in [-0.1, -0.05) is 26.0 Å². The van der Waals surface area contributed by atoms with E-state index in [9.17, 15) is 9.59 Å². The van der Waals surface area contributed by atoms with Gasteiger partial charge < -0.3 is 4.90 Å². The molecule has 1 aromatic heterocycles. The third-order valence-electron chi connectivity index (χ3n) is 4.75. The van der Waals surface area contributed by atoms with Crippen LogP contribution in [0.1, 0.15) is 32.3 Å². The maximum atomic E-state index is 12.6. The quantitative estimate of drug-likeness (QED) is 0.874. The Morgan fingerprint density at radius 3 is 2.91 bits per heavy atom. The molecule has 2 heterocycles. The van der Waals surface area contributed by atoms with Gasteiger partial charge in [0.25, 0.3) is 5.56 Å². The second-order valence-corrected chi connectivity index (χ2v) is 6.69. The minimum Gasteiger partial charge on any atom is -0.338 e. The van der Waals surface area contributed by atoms with E-state index in [-0.39, 0.29) is 24.1 Å². The van der Waals surface area contributed by atoms with Crippen LogP contribution in [0.4, 0.5) is 0 Å². The monoisotopic (exact) mass is 313 g/mol. The van der Waals surface area contributed by atoms with E-state index in [0.717, 1.165) is 24.9 Å². The van der Waals surface area contributed by atoms with Crippen LogP contribution in [0.15, 0.2) is 29.3 Å². The van der Waals surface area contributed by atoms with Crippen LogP contribution in [0.2, 0.25) is 0 Å². The summed E-state index contributed by atoms with van der Waals surface area (Å²) in [6.07, 6.45) is 3.59. The van der Waals surface area contributed by atoms with Crippen LogP contribution in [0, 0.1) is 12.8 Å². The Bertz CT molecular complexity index is 794. The summed E-state index contributed by atoms with van der Waals surface area (Å²) in [5.74, 6) is 0.452. The molecule has 122 valence electrons. The molecular formula is C18H23N3O2. The fraction of sp³-hybridized carbons (Fsp3) is 0.500. The first-order valence-corrected chi connectivity index (χ1v) is 8.23. The van der Waals surface area contributed by atoms with Crippen molar-refractivity contribution in [1.82, 2.24) is 14.5 Å². The van der Waals surface area contributed by atoms with Crippen molar-refractivity contribution in [2.45, 2.75) is 46.2 Å². The average molecular weight is 313 g/mol. The number of nitrogens with zero attached hydrogens (tertiary/aromatic N) is 3. The van der Waals surface area contributed by atoms with Crippen LogP contribution in [0.3, 0.4) is 0 Å². The van der Waals surface area contributed by atoms with Gasteiger partial charge >= 0.3 is 0 Å². The number of hydrogen-bond donors (Lipinski definition) is 0. The van der Waals surface area contributed by atoms with E-state index in [2.05, 4.69) is 18.8 Å². The zero-order valence-corrected chi connectivity index (χ0v) is 14.0. The molecule has 1 atom stereocenters. The van der Waals surface area contributed by atoms with Gasteiger partial charge in [0.1, 0.15) is 6.54 Å². The van der Waals surface area contributed by atoms with Gasteiger partial charge in [-0.05, 0) is 37.3 Å². The number of amides is 1. The number of aromatic nitrogens is 2. The largest absolute Gasteiger partial charge is 0.338 e. The number of benzene rings is 1. The summed E-state index contributed by atoms with van der Waals surface area (Å²) in [5, 5.41) is 0.571. The highest BCUT2D eigenvalue weighted by Gasteiger charge is 2.30. The number of hydrogen-bond acceptors (Lipinski definition) is 3. The molecule has 1 amide bonds. The molecule has 0 aliphatic carbocycles. The maximum absolute atomic E-state index is 12.6. The molecule has 0 bridgehead atoms. The molecule has 0 radical (unpaired) electrons. The number of para-hydroxylation sites is 1. The van der Waals surface area contributed by atoms with Gasteiger partial charge in [-0.15, -0.1) is 0 Å². The average Bonchev–Trinajstić information content (AvgIpc) is 3.00. The highest BCUT2D eigenvalue weighted by Crippen LogP contribution is 2.24. The standard InChI is InChI=1S/C18H23N3O2/c1-12(2)15-8-5-9-21(15)16(22)10-20-11-19-17-13(3)6-4-7-14(17)18(20)23/h4,6-7,11-12,15H,5,8-10H2,1-3H3. The van der Waals surface area contributed by atoms with E-state index in [1.165, 1.54) is 10.9 Å². The third-order valence-corrected chi connectivity index (χ3v) is 4.75. The topological polar surface area (TPSA) is 55.2 Å². The Morgan fingerprint density at radius 2 is 2.17 bits per heavy atom. The second-order valence-electron chi connectivity index (χ2n) is 6.69.